The van der Waals surface area contributed by atoms with Crippen LogP contribution in [0, 0.1) is 6.92 Å². The molecule has 2 heterocycles. The predicted molar refractivity (Wildman–Crippen MR) is 89.3 cm³/mol. The maximum atomic E-state index is 12.1. The lowest BCUT2D eigenvalue weighted by Gasteiger charge is -2.09. The number of nitrogens with zero attached hydrogens (tertiary/aromatic N) is 2. The zero-order valence-corrected chi connectivity index (χ0v) is 13.7. The first-order chi connectivity index (χ1) is 11.6. The lowest BCUT2D eigenvalue weighted by atomic mass is 10.1. The van der Waals surface area contributed by atoms with E-state index in [1.165, 1.54) is 7.11 Å². The van der Waals surface area contributed by atoms with Crippen LogP contribution in [0.15, 0.2) is 30.5 Å². The number of aromatic nitrogens is 2. The quantitative estimate of drug-likeness (QED) is 0.834. The summed E-state index contributed by atoms with van der Waals surface area (Å²) in [5.41, 5.74) is 2.13. The number of benzene rings is 1. The molecule has 1 amide bonds. The first-order valence-electron chi connectivity index (χ1n) is 7.88. The Morgan fingerprint density at radius 3 is 2.88 bits per heavy atom. The number of esters is 1. The van der Waals surface area contributed by atoms with Crippen molar-refractivity contribution in [2.24, 2.45) is 0 Å². The zero-order chi connectivity index (χ0) is 17.1. The molecule has 7 nitrogen and oxygen atoms in total. The zero-order valence-electron chi connectivity index (χ0n) is 13.7. The first-order valence-corrected chi connectivity index (χ1v) is 7.88. The number of ether oxygens (including phenoxy) is 1. The van der Waals surface area contributed by atoms with Gasteiger partial charge in [-0.05, 0) is 50.1 Å². The molecule has 2 aromatic rings. The van der Waals surface area contributed by atoms with Crippen molar-refractivity contribution in [1.29, 1.82) is 0 Å². The number of hydrogen-bond donors (Lipinski definition) is 2. The van der Waals surface area contributed by atoms with Gasteiger partial charge >= 0.3 is 5.97 Å². The summed E-state index contributed by atoms with van der Waals surface area (Å²) in [5, 5.41) is 10.3. The fourth-order valence-electron chi connectivity index (χ4n) is 2.79. The smallest absolute Gasteiger partial charge is 0.338 e. The lowest BCUT2D eigenvalue weighted by Crippen LogP contribution is -2.35. The number of aryl methyl sites for hydroxylation is 1. The highest BCUT2D eigenvalue weighted by Crippen LogP contribution is 2.17. The van der Waals surface area contributed by atoms with Gasteiger partial charge in [0.05, 0.1) is 24.4 Å². The van der Waals surface area contributed by atoms with E-state index in [0.717, 1.165) is 30.6 Å². The second-order valence-corrected chi connectivity index (χ2v) is 5.77. The summed E-state index contributed by atoms with van der Waals surface area (Å²) in [4.78, 5) is 23.7. The highest BCUT2D eigenvalue weighted by Gasteiger charge is 2.22. The summed E-state index contributed by atoms with van der Waals surface area (Å²) in [6, 6.07) is 6.95. The normalized spacial score (nSPS) is 16.8. The van der Waals surface area contributed by atoms with Crippen LogP contribution >= 0.6 is 0 Å². The number of rotatable bonds is 4. The summed E-state index contributed by atoms with van der Waals surface area (Å²) in [7, 11) is 1.36. The molecule has 1 fully saturated rings. The van der Waals surface area contributed by atoms with E-state index >= 15 is 0 Å². The van der Waals surface area contributed by atoms with Crippen LogP contribution in [0.5, 0.6) is 0 Å². The van der Waals surface area contributed by atoms with E-state index in [4.69, 9.17) is 4.74 Å². The van der Waals surface area contributed by atoms with E-state index in [2.05, 4.69) is 15.7 Å². The average Bonchev–Trinajstić information content (AvgIpc) is 3.25. The van der Waals surface area contributed by atoms with Gasteiger partial charge in [-0.25, -0.2) is 9.48 Å². The Labute approximate surface area is 140 Å². The maximum Gasteiger partial charge on any atom is 0.338 e. The molecule has 0 spiro atoms. The molecule has 1 aliphatic rings. The van der Waals surface area contributed by atoms with Crippen LogP contribution < -0.4 is 10.6 Å². The van der Waals surface area contributed by atoms with Crippen molar-refractivity contribution in [3.63, 3.8) is 0 Å². The summed E-state index contributed by atoms with van der Waals surface area (Å²) in [6.07, 6.45) is 3.63. The van der Waals surface area contributed by atoms with Crippen LogP contribution in [-0.4, -0.2) is 41.4 Å². The van der Waals surface area contributed by atoms with Crippen molar-refractivity contribution in [3.8, 4) is 5.69 Å². The summed E-state index contributed by atoms with van der Waals surface area (Å²) in [6.45, 7) is 2.71. The second-order valence-electron chi connectivity index (χ2n) is 5.77. The SMILES string of the molecule is COC(=O)c1ccc(-n2ccc(NC(=O)[C@H]3CCCN3)n2)cc1C. The van der Waals surface area contributed by atoms with Crippen molar-refractivity contribution < 1.29 is 14.3 Å². The highest BCUT2D eigenvalue weighted by atomic mass is 16.5. The molecular formula is C17H20N4O3. The number of nitrogens with one attached hydrogen (secondary N) is 2. The molecule has 0 radical (unpaired) electrons. The predicted octanol–water partition coefficient (Wildman–Crippen LogP) is 1.66. The fourth-order valence-corrected chi connectivity index (χ4v) is 2.79. The molecule has 7 heteroatoms. The van der Waals surface area contributed by atoms with Crippen LogP contribution in [0.4, 0.5) is 5.82 Å². The molecule has 1 aliphatic heterocycles. The molecule has 0 aliphatic carbocycles. The molecule has 3 rings (SSSR count). The molecular weight excluding hydrogens is 308 g/mol. The molecule has 126 valence electrons. The Kier molecular flexibility index (Phi) is 4.61. The number of amides is 1. The van der Waals surface area contributed by atoms with E-state index in [-0.39, 0.29) is 17.9 Å². The van der Waals surface area contributed by atoms with E-state index < -0.39 is 0 Å². The van der Waals surface area contributed by atoms with Gasteiger partial charge in [0.25, 0.3) is 0 Å². The molecule has 0 unspecified atom stereocenters. The molecule has 0 bridgehead atoms. The molecule has 1 atom stereocenters. The van der Waals surface area contributed by atoms with Crippen LogP contribution in [0.3, 0.4) is 0 Å². The van der Waals surface area contributed by atoms with E-state index in [0.29, 0.717) is 11.4 Å². The van der Waals surface area contributed by atoms with Gasteiger partial charge in [-0.1, -0.05) is 0 Å². The van der Waals surface area contributed by atoms with Crippen molar-refractivity contribution in [1.82, 2.24) is 15.1 Å². The molecule has 1 saturated heterocycles. The van der Waals surface area contributed by atoms with Crippen molar-refractivity contribution in [2.45, 2.75) is 25.8 Å². The largest absolute Gasteiger partial charge is 0.465 e. The summed E-state index contributed by atoms with van der Waals surface area (Å²) in [5.74, 6) is 0.0786. The number of hydrogen-bond acceptors (Lipinski definition) is 5. The van der Waals surface area contributed by atoms with E-state index in [1.54, 1.807) is 29.1 Å². The van der Waals surface area contributed by atoms with E-state index in [9.17, 15) is 9.59 Å². The van der Waals surface area contributed by atoms with Gasteiger partial charge in [0.15, 0.2) is 5.82 Å². The third kappa shape index (κ3) is 3.30. The second kappa shape index (κ2) is 6.84. The van der Waals surface area contributed by atoms with Gasteiger partial charge in [-0.15, -0.1) is 0 Å². The Balaban J connectivity index is 1.74. The lowest BCUT2D eigenvalue weighted by molar-refractivity contribution is -0.117. The van der Waals surface area contributed by atoms with Gasteiger partial charge in [-0.3, -0.25) is 4.79 Å². The van der Waals surface area contributed by atoms with Crippen molar-refractivity contribution >= 4 is 17.7 Å². The molecule has 24 heavy (non-hydrogen) atoms. The van der Waals surface area contributed by atoms with Gasteiger partial charge in [0.1, 0.15) is 0 Å². The first kappa shape index (κ1) is 16.2. The standard InChI is InChI=1S/C17H20N4O3/c1-11-10-12(5-6-13(11)17(23)24-2)21-9-7-15(20-21)19-16(22)14-4-3-8-18-14/h5-7,9-10,14,18H,3-4,8H2,1-2H3,(H,19,20,22)/t14-/m1/s1. The number of carbonyl (C=O) groups is 2. The molecule has 1 aromatic heterocycles. The van der Waals surface area contributed by atoms with E-state index in [1.807, 2.05) is 13.0 Å². The van der Waals surface area contributed by atoms with Crippen molar-refractivity contribution in [2.75, 3.05) is 19.0 Å². The topological polar surface area (TPSA) is 85.2 Å². The minimum absolute atomic E-state index is 0.0602. The molecule has 2 N–H and O–H groups in total. The molecule has 0 saturated carbocycles. The minimum Gasteiger partial charge on any atom is -0.465 e. The monoisotopic (exact) mass is 328 g/mol. The number of carbonyl (C=O) groups excluding carboxylic acids is 2. The Hall–Kier alpha value is -2.67. The van der Waals surface area contributed by atoms with Crippen LogP contribution in [0.1, 0.15) is 28.8 Å². The van der Waals surface area contributed by atoms with Gasteiger partial charge < -0.3 is 15.4 Å². The average molecular weight is 328 g/mol. The Morgan fingerprint density at radius 1 is 1.38 bits per heavy atom. The third-order valence-corrected chi connectivity index (χ3v) is 4.10. The highest BCUT2D eigenvalue weighted by molar-refractivity contribution is 5.94. The number of anilines is 1. The van der Waals surface area contributed by atoms with Crippen LogP contribution in [0.25, 0.3) is 5.69 Å². The van der Waals surface area contributed by atoms with Crippen molar-refractivity contribution in [3.05, 3.63) is 41.6 Å². The summed E-state index contributed by atoms with van der Waals surface area (Å²) >= 11 is 0. The van der Waals surface area contributed by atoms with Gasteiger partial charge in [-0.2, -0.15) is 5.10 Å². The maximum absolute atomic E-state index is 12.1. The minimum atomic E-state index is -0.364. The summed E-state index contributed by atoms with van der Waals surface area (Å²) < 4.78 is 6.40. The Morgan fingerprint density at radius 2 is 2.21 bits per heavy atom. The third-order valence-electron chi connectivity index (χ3n) is 4.10. The van der Waals surface area contributed by atoms with Crippen LogP contribution in [0.2, 0.25) is 0 Å². The fraction of sp³-hybridized carbons (Fsp3) is 0.353. The van der Waals surface area contributed by atoms with Crippen LogP contribution in [-0.2, 0) is 9.53 Å². The van der Waals surface area contributed by atoms with Gasteiger partial charge in [0, 0.05) is 12.3 Å². The number of methoxy groups -OCH3 is 1. The molecule has 1 aromatic carbocycles. The van der Waals surface area contributed by atoms with Gasteiger partial charge in [0.2, 0.25) is 5.91 Å². The Bertz CT molecular complexity index is 763.